The van der Waals surface area contributed by atoms with Crippen LogP contribution in [0.15, 0.2) is 12.7 Å². The van der Waals surface area contributed by atoms with Crippen LogP contribution in [-0.2, 0) is 14.8 Å². The Balaban J connectivity index is -0.000000720. The van der Waals surface area contributed by atoms with Gasteiger partial charge in [0.2, 0.25) is 10.0 Å². The minimum Gasteiger partial charge on any atom is -0.269 e. The van der Waals surface area contributed by atoms with Crippen LogP contribution in [-0.4, -0.2) is 20.1 Å². The number of carbonyl (C=O) groups is 1. The van der Waals surface area contributed by atoms with Gasteiger partial charge in [0, 0.05) is 0 Å². The minimum atomic E-state index is -3.44. The van der Waals surface area contributed by atoms with Crippen molar-refractivity contribution in [3.8, 4) is 0 Å². The molecule has 0 aliphatic carbocycles. The van der Waals surface area contributed by atoms with Gasteiger partial charge >= 0.3 is 0 Å². The predicted molar refractivity (Wildman–Crippen MR) is 66.1 cm³/mol. The van der Waals surface area contributed by atoms with Gasteiger partial charge in [-0.2, -0.15) is 0 Å². The fourth-order valence-electron chi connectivity index (χ4n) is 0.788. The molecule has 0 aliphatic heterocycles. The van der Waals surface area contributed by atoms with E-state index in [4.69, 9.17) is 0 Å². The van der Waals surface area contributed by atoms with Crippen molar-refractivity contribution in [3.05, 3.63) is 12.7 Å². The summed E-state index contributed by atoms with van der Waals surface area (Å²) < 4.78 is 24.1. The van der Waals surface area contributed by atoms with Crippen molar-refractivity contribution in [2.24, 2.45) is 0 Å². The molecule has 0 aromatic rings. The Kier molecular flexibility index (Phi) is 13.8. The van der Waals surface area contributed by atoms with Crippen LogP contribution < -0.4 is 4.72 Å². The Labute approximate surface area is 103 Å². The SMILES string of the molecule is C=CC(=O)NS(=O)(=O)CCCCC.Cl.Cl. The van der Waals surface area contributed by atoms with Gasteiger partial charge in [0.05, 0.1) is 5.75 Å². The van der Waals surface area contributed by atoms with Crippen LogP contribution >= 0.6 is 24.8 Å². The van der Waals surface area contributed by atoms with Crippen molar-refractivity contribution < 1.29 is 13.2 Å². The van der Waals surface area contributed by atoms with E-state index in [2.05, 4.69) is 6.58 Å². The van der Waals surface area contributed by atoms with Crippen molar-refractivity contribution in [3.63, 3.8) is 0 Å². The largest absolute Gasteiger partial charge is 0.269 e. The first-order chi connectivity index (χ1) is 6.02. The smallest absolute Gasteiger partial charge is 0.256 e. The van der Waals surface area contributed by atoms with Gasteiger partial charge < -0.3 is 0 Å². The van der Waals surface area contributed by atoms with Crippen LogP contribution in [0.4, 0.5) is 0 Å². The summed E-state index contributed by atoms with van der Waals surface area (Å²) in [5.74, 6) is -0.669. The molecule has 0 fully saturated rings. The van der Waals surface area contributed by atoms with Crippen LogP contribution in [0.2, 0.25) is 0 Å². The van der Waals surface area contributed by atoms with E-state index in [9.17, 15) is 13.2 Å². The summed E-state index contributed by atoms with van der Waals surface area (Å²) in [6.45, 7) is 5.15. The summed E-state index contributed by atoms with van der Waals surface area (Å²) in [5.41, 5.74) is 0. The van der Waals surface area contributed by atoms with E-state index in [1.54, 1.807) is 0 Å². The zero-order chi connectivity index (χ0) is 10.3. The molecule has 1 N–H and O–H groups in total. The number of hydrogen-bond acceptors (Lipinski definition) is 3. The van der Waals surface area contributed by atoms with Crippen LogP contribution in [0.3, 0.4) is 0 Å². The molecule has 0 aliphatic rings. The van der Waals surface area contributed by atoms with Gasteiger partial charge in [0.25, 0.3) is 5.91 Å². The number of nitrogens with one attached hydrogen (secondary N) is 1. The van der Waals surface area contributed by atoms with Gasteiger partial charge in [-0.1, -0.05) is 26.3 Å². The molecule has 7 heteroatoms. The number of sulfonamides is 1. The zero-order valence-electron chi connectivity index (χ0n) is 8.56. The molecule has 1 amide bonds. The van der Waals surface area contributed by atoms with E-state index in [1.165, 1.54) is 0 Å². The Morgan fingerprint density at radius 1 is 1.33 bits per heavy atom. The summed E-state index contributed by atoms with van der Waals surface area (Å²) in [5, 5.41) is 0. The van der Waals surface area contributed by atoms with Crippen molar-refractivity contribution in [1.29, 1.82) is 0 Å². The van der Waals surface area contributed by atoms with E-state index in [-0.39, 0.29) is 30.6 Å². The lowest BCUT2D eigenvalue weighted by atomic mass is 10.3. The third-order valence-electron chi connectivity index (χ3n) is 1.46. The van der Waals surface area contributed by atoms with Crippen molar-refractivity contribution in [2.45, 2.75) is 26.2 Å². The maximum atomic E-state index is 11.1. The van der Waals surface area contributed by atoms with Crippen LogP contribution in [0, 0.1) is 0 Å². The van der Waals surface area contributed by atoms with E-state index in [0.29, 0.717) is 6.42 Å². The topological polar surface area (TPSA) is 63.2 Å². The molecule has 92 valence electrons. The highest BCUT2D eigenvalue weighted by atomic mass is 35.5. The lowest BCUT2D eigenvalue weighted by Crippen LogP contribution is -2.30. The Bertz CT molecular complexity index is 278. The first kappa shape index (κ1) is 20.2. The van der Waals surface area contributed by atoms with Gasteiger partial charge in [-0.25, -0.2) is 13.1 Å². The molecule has 0 unspecified atom stereocenters. The molecule has 0 atom stereocenters. The van der Waals surface area contributed by atoms with Crippen LogP contribution in [0.25, 0.3) is 0 Å². The van der Waals surface area contributed by atoms with Gasteiger partial charge in [-0.05, 0) is 12.5 Å². The quantitative estimate of drug-likeness (QED) is 0.593. The Hall–Kier alpha value is -0.260. The van der Waals surface area contributed by atoms with E-state index < -0.39 is 15.9 Å². The second kappa shape index (κ2) is 10.3. The Morgan fingerprint density at radius 2 is 1.87 bits per heavy atom. The van der Waals surface area contributed by atoms with Crippen LogP contribution in [0.5, 0.6) is 0 Å². The molecule has 0 aromatic carbocycles. The third kappa shape index (κ3) is 11.7. The van der Waals surface area contributed by atoms with Crippen molar-refractivity contribution in [2.75, 3.05) is 5.75 Å². The summed E-state index contributed by atoms with van der Waals surface area (Å²) in [6, 6.07) is 0. The lowest BCUT2D eigenvalue weighted by molar-refractivity contribution is -0.114. The highest BCUT2D eigenvalue weighted by Gasteiger charge is 2.10. The normalized spacial score (nSPS) is 9.40. The zero-order valence-corrected chi connectivity index (χ0v) is 11.0. The highest BCUT2D eigenvalue weighted by Crippen LogP contribution is 1.97. The average Bonchev–Trinajstić information content (AvgIpc) is 2.03. The monoisotopic (exact) mass is 277 g/mol. The predicted octanol–water partition coefficient (Wildman–Crippen LogP) is 1.65. The van der Waals surface area contributed by atoms with E-state index in [0.717, 1.165) is 18.9 Å². The molecule has 0 bridgehead atoms. The summed E-state index contributed by atoms with van der Waals surface area (Å²) in [7, 11) is -3.44. The fraction of sp³-hybridized carbons (Fsp3) is 0.625. The first-order valence-corrected chi connectivity index (χ1v) is 5.84. The highest BCUT2D eigenvalue weighted by molar-refractivity contribution is 7.90. The second-order valence-corrected chi connectivity index (χ2v) is 4.54. The maximum Gasteiger partial charge on any atom is 0.256 e. The van der Waals surface area contributed by atoms with Gasteiger partial charge in [-0.3, -0.25) is 4.79 Å². The third-order valence-corrected chi connectivity index (χ3v) is 2.80. The molecule has 0 spiro atoms. The van der Waals surface area contributed by atoms with E-state index in [1.807, 2.05) is 11.6 Å². The number of carbonyl (C=O) groups excluding carboxylic acids is 1. The summed E-state index contributed by atoms with van der Waals surface area (Å²) in [6.07, 6.45) is 3.32. The average molecular weight is 278 g/mol. The summed E-state index contributed by atoms with van der Waals surface area (Å²) >= 11 is 0. The number of rotatable bonds is 6. The minimum absolute atomic E-state index is 0. The van der Waals surface area contributed by atoms with Crippen molar-refractivity contribution >= 4 is 40.7 Å². The molecule has 0 radical (unpaired) electrons. The molecule has 0 saturated heterocycles. The van der Waals surface area contributed by atoms with E-state index >= 15 is 0 Å². The van der Waals surface area contributed by atoms with Crippen molar-refractivity contribution in [1.82, 2.24) is 4.72 Å². The lowest BCUT2D eigenvalue weighted by Gasteiger charge is -2.03. The molecular formula is C8H17Cl2NO3S. The molecule has 15 heavy (non-hydrogen) atoms. The molecular weight excluding hydrogens is 261 g/mol. The summed E-state index contributed by atoms with van der Waals surface area (Å²) in [4.78, 5) is 10.7. The molecule has 0 saturated carbocycles. The maximum absolute atomic E-state index is 11.1. The standard InChI is InChI=1S/C8H15NO3S.2ClH/c1-3-5-6-7-13(11,12)9-8(10)4-2;;/h4H,2-3,5-7H2,1H3,(H,9,10);2*1H. The van der Waals surface area contributed by atoms with Gasteiger partial charge in [-0.15, -0.1) is 24.8 Å². The van der Waals surface area contributed by atoms with Crippen LogP contribution in [0.1, 0.15) is 26.2 Å². The van der Waals surface area contributed by atoms with Gasteiger partial charge in [0.1, 0.15) is 0 Å². The molecule has 0 rings (SSSR count). The Morgan fingerprint density at radius 3 is 2.27 bits per heavy atom. The molecule has 0 heterocycles. The van der Waals surface area contributed by atoms with Gasteiger partial charge in [0.15, 0.2) is 0 Å². The molecule has 0 aromatic heterocycles. The number of unbranched alkanes of at least 4 members (excludes halogenated alkanes) is 2. The first-order valence-electron chi connectivity index (χ1n) is 4.18. The number of halogens is 2. The fourth-order valence-corrected chi connectivity index (χ4v) is 1.86. The number of amides is 1. The molecule has 4 nitrogen and oxygen atoms in total. The second-order valence-electron chi connectivity index (χ2n) is 2.70. The number of hydrogen-bond donors (Lipinski definition) is 1.